The normalized spacial score (nSPS) is 11.1. The van der Waals surface area contributed by atoms with E-state index in [4.69, 9.17) is 19.2 Å². The Kier molecular flexibility index (Phi) is 8.61. The van der Waals surface area contributed by atoms with Gasteiger partial charge in [-0.25, -0.2) is 4.98 Å². The van der Waals surface area contributed by atoms with Crippen LogP contribution in [0.2, 0.25) is 0 Å². The van der Waals surface area contributed by atoms with Gasteiger partial charge in [0.05, 0.1) is 30.7 Å². The predicted octanol–water partition coefficient (Wildman–Crippen LogP) is 6.50. The highest BCUT2D eigenvalue weighted by molar-refractivity contribution is 5.79. The van der Waals surface area contributed by atoms with Crippen molar-refractivity contribution in [2.75, 3.05) is 13.7 Å². The van der Waals surface area contributed by atoms with E-state index in [1.54, 1.807) is 11.7 Å². The Bertz CT molecular complexity index is 1330. The average Bonchev–Trinajstić information content (AvgIpc) is 2.89. The smallest absolute Gasteiger partial charge is 0.261 e. The second-order valence-corrected chi connectivity index (χ2v) is 9.01. The molecule has 0 saturated carbocycles. The van der Waals surface area contributed by atoms with Crippen molar-refractivity contribution in [1.29, 1.82) is 0 Å². The first-order chi connectivity index (χ1) is 17.6. The van der Waals surface area contributed by atoms with E-state index in [1.165, 1.54) is 0 Å². The van der Waals surface area contributed by atoms with Crippen LogP contribution in [0.1, 0.15) is 39.5 Å². The van der Waals surface area contributed by atoms with Gasteiger partial charge in [-0.2, -0.15) is 0 Å². The lowest BCUT2D eigenvalue weighted by molar-refractivity contribution is 0.219. The summed E-state index contributed by atoms with van der Waals surface area (Å²) in [4.78, 5) is 18.2. The zero-order valence-electron chi connectivity index (χ0n) is 21.3. The Hall–Kier alpha value is -3.80. The number of nitrogens with zero attached hydrogens (tertiary/aromatic N) is 2. The number of unbranched alkanes of at least 4 members (excludes halogenated alkanes) is 3. The van der Waals surface area contributed by atoms with Crippen LogP contribution in [-0.4, -0.2) is 29.4 Å². The molecule has 6 heteroatoms. The lowest BCUT2D eigenvalue weighted by Crippen LogP contribution is -2.23. The zero-order chi connectivity index (χ0) is 25.3. The van der Waals surface area contributed by atoms with Crippen molar-refractivity contribution in [3.8, 4) is 28.6 Å². The van der Waals surface area contributed by atoms with Crippen molar-refractivity contribution in [3.05, 3.63) is 83.2 Å². The first-order valence-corrected chi connectivity index (χ1v) is 12.6. The lowest BCUT2D eigenvalue weighted by Gasteiger charge is -2.15. The summed E-state index contributed by atoms with van der Waals surface area (Å²) in [6, 6.07) is 23.0. The molecule has 1 aromatic heterocycles. The molecule has 0 amide bonds. The van der Waals surface area contributed by atoms with Crippen molar-refractivity contribution >= 4 is 10.9 Å². The summed E-state index contributed by atoms with van der Waals surface area (Å²) in [5.41, 5.74) is 1.61. The van der Waals surface area contributed by atoms with Gasteiger partial charge in [0.15, 0.2) is 11.5 Å². The van der Waals surface area contributed by atoms with E-state index >= 15 is 0 Å². The molecule has 0 N–H and O–H groups in total. The minimum atomic E-state index is -0.00323. The van der Waals surface area contributed by atoms with Crippen LogP contribution in [0.4, 0.5) is 0 Å². The fourth-order valence-electron chi connectivity index (χ4n) is 4.16. The molecule has 4 aromatic rings. The first kappa shape index (κ1) is 25.3. The monoisotopic (exact) mass is 486 g/mol. The molecule has 0 aliphatic rings. The maximum atomic E-state index is 13.3. The van der Waals surface area contributed by atoms with E-state index in [0.717, 1.165) is 48.5 Å². The largest absolute Gasteiger partial charge is 0.497 e. The number of benzene rings is 3. The molecular formula is C30H34N2O4. The van der Waals surface area contributed by atoms with E-state index in [1.807, 2.05) is 86.6 Å². The van der Waals surface area contributed by atoms with E-state index in [2.05, 4.69) is 0 Å². The molecule has 0 radical (unpaired) electrons. The summed E-state index contributed by atoms with van der Waals surface area (Å²) in [6.07, 6.45) is 3.93. The Morgan fingerprint density at radius 1 is 0.833 bits per heavy atom. The highest BCUT2D eigenvalue weighted by Crippen LogP contribution is 2.28. The van der Waals surface area contributed by atoms with Gasteiger partial charge in [0, 0.05) is 12.1 Å². The van der Waals surface area contributed by atoms with Crippen LogP contribution in [0.25, 0.3) is 22.3 Å². The summed E-state index contributed by atoms with van der Waals surface area (Å²) in [5.74, 6) is 3.02. The van der Waals surface area contributed by atoms with Crippen LogP contribution >= 0.6 is 0 Å². The molecule has 0 aliphatic carbocycles. The standard InChI is InChI=1S/C30H34N2O4/c1-22(2)36-28-15-9-8-14-27(28)35-21-11-5-4-10-20-32-29(23-16-18-24(34-3)19-17-23)31-26-13-7-6-12-25(26)30(32)33/h6-9,12-19,22H,4-5,10-11,20-21H2,1-3H3. The number of methoxy groups -OCH3 is 1. The summed E-state index contributed by atoms with van der Waals surface area (Å²) >= 11 is 0. The number of rotatable bonds is 12. The van der Waals surface area contributed by atoms with E-state index in [0.29, 0.717) is 29.9 Å². The molecule has 6 nitrogen and oxygen atoms in total. The molecule has 0 aliphatic heterocycles. The number of hydrogen-bond acceptors (Lipinski definition) is 5. The molecule has 0 fully saturated rings. The summed E-state index contributed by atoms with van der Waals surface area (Å²) in [7, 11) is 1.64. The van der Waals surface area contributed by atoms with Crippen molar-refractivity contribution in [2.45, 2.75) is 52.2 Å². The topological polar surface area (TPSA) is 62.6 Å². The van der Waals surface area contributed by atoms with Gasteiger partial charge in [-0.1, -0.05) is 37.1 Å². The minimum absolute atomic E-state index is 0.00323. The third-order valence-electron chi connectivity index (χ3n) is 5.96. The highest BCUT2D eigenvalue weighted by Gasteiger charge is 2.13. The number of hydrogen-bond donors (Lipinski definition) is 0. The van der Waals surface area contributed by atoms with Crippen LogP contribution in [0.15, 0.2) is 77.6 Å². The Morgan fingerprint density at radius 3 is 2.28 bits per heavy atom. The average molecular weight is 487 g/mol. The molecule has 1 heterocycles. The van der Waals surface area contributed by atoms with Crippen LogP contribution < -0.4 is 19.8 Å². The minimum Gasteiger partial charge on any atom is -0.497 e. The molecule has 0 atom stereocenters. The molecule has 4 rings (SSSR count). The van der Waals surface area contributed by atoms with E-state index < -0.39 is 0 Å². The van der Waals surface area contributed by atoms with Crippen molar-refractivity contribution in [1.82, 2.24) is 9.55 Å². The number of aromatic nitrogens is 2. The molecule has 3 aromatic carbocycles. The SMILES string of the molecule is COc1ccc(-c2nc3ccccc3c(=O)n2CCCCCCOc2ccccc2OC(C)C)cc1. The fraction of sp³-hybridized carbons (Fsp3) is 0.333. The second kappa shape index (κ2) is 12.2. The van der Waals surface area contributed by atoms with Gasteiger partial charge in [0.2, 0.25) is 0 Å². The van der Waals surface area contributed by atoms with Crippen molar-refractivity contribution in [3.63, 3.8) is 0 Å². The van der Waals surface area contributed by atoms with Gasteiger partial charge in [0.25, 0.3) is 5.56 Å². The van der Waals surface area contributed by atoms with Gasteiger partial charge >= 0.3 is 0 Å². The van der Waals surface area contributed by atoms with Crippen LogP contribution in [-0.2, 0) is 6.54 Å². The summed E-state index contributed by atoms with van der Waals surface area (Å²) in [5, 5.41) is 0.644. The molecular weight excluding hydrogens is 452 g/mol. The van der Waals surface area contributed by atoms with E-state index in [9.17, 15) is 4.79 Å². The Labute approximate surface area is 212 Å². The van der Waals surface area contributed by atoms with Crippen LogP contribution in [0.5, 0.6) is 17.2 Å². The first-order valence-electron chi connectivity index (χ1n) is 12.6. The summed E-state index contributed by atoms with van der Waals surface area (Å²) < 4.78 is 18.9. The Morgan fingerprint density at radius 2 is 1.53 bits per heavy atom. The third kappa shape index (κ3) is 6.25. The molecule has 188 valence electrons. The van der Waals surface area contributed by atoms with Crippen molar-refractivity contribution < 1.29 is 14.2 Å². The summed E-state index contributed by atoms with van der Waals surface area (Å²) in [6.45, 7) is 5.26. The molecule has 0 unspecified atom stereocenters. The molecule has 0 spiro atoms. The van der Waals surface area contributed by atoms with Gasteiger partial charge in [-0.05, 0) is 75.2 Å². The van der Waals surface area contributed by atoms with Crippen LogP contribution in [0.3, 0.4) is 0 Å². The van der Waals surface area contributed by atoms with Gasteiger partial charge in [0.1, 0.15) is 11.6 Å². The maximum absolute atomic E-state index is 13.3. The van der Waals surface area contributed by atoms with E-state index in [-0.39, 0.29) is 11.7 Å². The van der Waals surface area contributed by atoms with Gasteiger partial charge in [-0.15, -0.1) is 0 Å². The lowest BCUT2D eigenvalue weighted by atomic mass is 10.1. The number of fused-ring (bicyclic) bond motifs is 1. The number of para-hydroxylation sites is 3. The zero-order valence-corrected chi connectivity index (χ0v) is 21.3. The maximum Gasteiger partial charge on any atom is 0.261 e. The quantitative estimate of drug-likeness (QED) is 0.214. The fourth-order valence-corrected chi connectivity index (χ4v) is 4.16. The second-order valence-electron chi connectivity index (χ2n) is 9.01. The Balaban J connectivity index is 1.37. The molecule has 0 saturated heterocycles. The van der Waals surface area contributed by atoms with Crippen molar-refractivity contribution in [2.24, 2.45) is 0 Å². The predicted molar refractivity (Wildman–Crippen MR) is 144 cm³/mol. The van der Waals surface area contributed by atoms with Gasteiger partial charge in [-0.3, -0.25) is 9.36 Å². The molecule has 0 bridgehead atoms. The molecule has 36 heavy (non-hydrogen) atoms. The van der Waals surface area contributed by atoms with Crippen LogP contribution in [0, 0.1) is 0 Å². The number of ether oxygens (including phenoxy) is 3. The van der Waals surface area contributed by atoms with Gasteiger partial charge < -0.3 is 14.2 Å². The third-order valence-corrected chi connectivity index (χ3v) is 5.96. The highest BCUT2D eigenvalue weighted by atomic mass is 16.5.